The van der Waals surface area contributed by atoms with Crippen molar-refractivity contribution >= 4 is 34.1 Å². The van der Waals surface area contributed by atoms with Crippen LogP contribution in [0.3, 0.4) is 0 Å². The van der Waals surface area contributed by atoms with Gasteiger partial charge in [-0.05, 0) is 161 Å². The second-order valence-corrected chi connectivity index (χ2v) is 20.7. The number of fused-ring (bicyclic) bond motifs is 18. The average molecular weight is 965 g/mol. The highest BCUT2D eigenvalue weighted by molar-refractivity contribution is 5.99. The summed E-state index contributed by atoms with van der Waals surface area (Å²) in [5.74, 6) is 0. The Hall–Kier alpha value is -9.76. The molecule has 0 fully saturated rings. The van der Waals surface area contributed by atoms with Crippen LogP contribution in [0.4, 0.5) is 34.1 Å². The lowest BCUT2D eigenvalue weighted by Crippen LogP contribution is -2.42. The smallest absolute Gasteiger partial charge is 0.0783 e. The largest absolute Gasteiger partial charge is 0.310 e. The minimum absolute atomic E-state index is 0.448. The predicted octanol–water partition coefficient (Wildman–Crippen LogP) is 19.0. The van der Waals surface area contributed by atoms with Gasteiger partial charge in [-0.25, -0.2) is 0 Å². The third kappa shape index (κ3) is 5.81. The zero-order valence-electron chi connectivity index (χ0n) is 41.6. The van der Waals surface area contributed by atoms with E-state index in [-0.39, 0.29) is 0 Å². The van der Waals surface area contributed by atoms with E-state index in [1.807, 2.05) is 0 Å². The number of para-hydroxylation sites is 3. The van der Waals surface area contributed by atoms with E-state index in [1.54, 1.807) is 0 Å². The van der Waals surface area contributed by atoms with Crippen molar-refractivity contribution in [2.24, 2.45) is 0 Å². The fourth-order valence-corrected chi connectivity index (χ4v) is 14.0. The molecule has 4 aliphatic rings. The van der Waals surface area contributed by atoms with Crippen LogP contribution < -0.4 is 9.80 Å². The summed E-state index contributed by atoms with van der Waals surface area (Å²) >= 11 is 0. The number of hydrogen-bond acceptors (Lipinski definition) is 2. The minimum atomic E-state index is -0.715. The van der Waals surface area contributed by atoms with Crippen LogP contribution >= 0.6 is 0 Å². The third-order valence-corrected chi connectivity index (χ3v) is 17.1. The van der Waals surface area contributed by atoms with Crippen molar-refractivity contribution in [2.45, 2.75) is 10.8 Å². The first-order chi connectivity index (χ1) is 37.7. The standard InChI is InChI=1S/C74H48N2/c1-3-19-49(20-4-1)51-35-41-55(42-36-51)75-69-32-16-13-29-64(69)74(65-30-14-17-33-70(65)75)66-31-15-18-34-71(66)76(56-43-37-52(38-44-56)50-21-5-2-6-22-50)72-46-40-54(48-68(72)74)53-39-45-60-59-25-9-12-28-63(59)73(67(60)47-53)61-26-10-7-23-57(61)58-24-8-11-27-62(58)73/h1-48H. The highest BCUT2D eigenvalue weighted by Gasteiger charge is 2.53. The fraction of sp³-hybridized carbons (Fsp3) is 0.0270. The van der Waals surface area contributed by atoms with E-state index >= 15 is 0 Å². The Labute approximate surface area is 443 Å². The molecule has 12 aromatic rings. The first-order valence-corrected chi connectivity index (χ1v) is 26.5. The number of hydrogen-bond donors (Lipinski definition) is 0. The molecule has 0 amide bonds. The van der Waals surface area contributed by atoms with Crippen LogP contribution in [0.25, 0.3) is 55.6 Å². The number of benzene rings is 12. The summed E-state index contributed by atoms with van der Waals surface area (Å²) < 4.78 is 0. The lowest BCUT2D eigenvalue weighted by molar-refractivity contribution is 0.719. The quantitative estimate of drug-likeness (QED) is 0.170. The summed E-state index contributed by atoms with van der Waals surface area (Å²) in [4.78, 5) is 5.00. The Bertz CT molecular complexity index is 4120. The molecule has 0 bridgehead atoms. The second kappa shape index (κ2) is 16.4. The van der Waals surface area contributed by atoms with Crippen molar-refractivity contribution in [3.05, 3.63) is 336 Å². The van der Waals surface area contributed by atoms with E-state index in [1.165, 1.54) is 100 Å². The van der Waals surface area contributed by atoms with Gasteiger partial charge in [-0.15, -0.1) is 0 Å². The summed E-state index contributed by atoms with van der Waals surface area (Å²) in [6, 6.07) is 109. The Kier molecular flexibility index (Phi) is 9.20. The zero-order chi connectivity index (χ0) is 50.0. The van der Waals surface area contributed by atoms with Crippen LogP contribution in [0, 0.1) is 0 Å². The van der Waals surface area contributed by atoms with Crippen molar-refractivity contribution in [3.63, 3.8) is 0 Å². The van der Waals surface area contributed by atoms with Crippen molar-refractivity contribution in [3.8, 4) is 55.6 Å². The Morgan fingerprint density at radius 1 is 0.184 bits per heavy atom. The number of rotatable bonds is 5. The maximum atomic E-state index is 2.54. The molecular weight excluding hydrogens is 917 g/mol. The van der Waals surface area contributed by atoms with Crippen LogP contribution in [0.2, 0.25) is 0 Å². The molecule has 2 aliphatic carbocycles. The summed E-state index contributed by atoms with van der Waals surface area (Å²) in [7, 11) is 0. The van der Waals surface area contributed by atoms with E-state index in [2.05, 4.69) is 301 Å². The maximum Gasteiger partial charge on any atom is 0.0783 e. The van der Waals surface area contributed by atoms with E-state index < -0.39 is 10.8 Å². The second-order valence-electron chi connectivity index (χ2n) is 20.7. The lowest BCUT2D eigenvalue weighted by atomic mass is 9.60. The van der Waals surface area contributed by atoms with Crippen LogP contribution in [0.15, 0.2) is 291 Å². The zero-order valence-corrected chi connectivity index (χ0v) is 41.6. The topological polar surface area (TPSA) is 6.48 Å². The summed E-state index contributed by atoms with van der Waals surface area (Å²) in [5.41, 5.74) is 28.5. The highest BCUT2D eigenvalue weighted by atomic mass is 15.2. The molecule has 0 radical (unpaired) electrons. The average Bonchev–Trinajstić information content (AvgIpc) is 4.07. The van der Waals surface area contributed by atoms with Crippen LogP contribution in [-0.4, -0.2) is 0 Å². The molecule has 2 aliphatic heterocycles. The SMILES string of the molecule is c1ccc(-c2ccc(N3c4ccccc4C4(c5ccccc53)c3ccccc3N(c3ccc(-c5ccccc5)cc3)c3ccc(-c5ccc6c(c5)C5(c7ccccc7-c7ccccc75)c5ccccc5-6)cc34)cc2)cc1. The molecule has 12 aromatic carbocycles. The van der Waals surface area contributed by atoms with Gasteiger partial charge in [-0.1, -0.05) is 231 Å². The van der Waals surface area contributed by atoms with Gasteiger partial charge in [0.15, 0.2) is 0 Å². The molecule has 2 heterocycles. The van der Waals surface area contributed by atoms with Crippen LogP contribution in [0.5, 0.6) is 0 Å². The fourth-order valence-electron chi connectivity index (χ4n) is 14.0. The Morgan fingerprint density at radius 3 is 0.908 bits per heavy atom. The van der Waals surface area contributed by atoms with Crippen LogP contribution in [-0.2, 0) is 10.8 Å². The van der Waals surface area contributed by atoms with Crippen molar-refractivity contribution < 1.29 is 0 Å². The van der Waals surface area contributed by atoms with Gasteiger partial charge < -0.3 is 9.80 Å². The summed E-state index contributed by atoms with van der Waals surface area (Å²) in [6.45, 7) is 0. The molecule has 0 atom stereocenters. The molecule has 354 valence electrons. The van der Waals surface area contributed by atoms with Gasteiger partial charge in [-0.3, -0.25) is 0 Å². The highest BCUT2D eigenvalue weighted by Crippen LogP contribution is 2.66. The maximum absolute atomic E-state index is 2.54. The van der Waals surface area contributed by atoms with E-state index in [0.717, 1.165) is 34.1 Å². The normalized spacial score (nSPS) is 14.2. The van der Waals surface area contributed by atoms with Gasteiger partial charge >= 0.3 is 0 Å². The molecule has 0 aromatic heterocycles. The third-order valence-electron chi connectivity index (χ3n) is 17.1. The monoisotopic (exact) mass is 964 g/mol. The molecule has 2 heteroatoms. The molecule has 0 saturated carbocycles. The molecule has 0 unspecified atom stereocenters. The molecule has 0 N–H and O–H groups in total. The van der Waals surface area contributed by atoms with Gasteiger partial charge in [0.05, 0.1) is 33.6 Å². The lowest BCUT2D eigenvalue weighted by Gasteiger charge is -2.51. The predicted molar refractivity (Wildman–Crippen MR) is 314 cm³/mol. The summed E-state index contributed by atoms with van der Waals surface area (Å²) in [5, 5.41) is 0. The molecule has 2 nitrogen and oxygen atoms in total. The van der Waals surface area contributed by atoms with E-state index in [9.17, 15) is 0 Å². The molecule has 0 saturated heterocycles. The van der Waals surface area contributed by atoms with Gasteiger partial charge in [0.25, 0.3) is 0 Å². The molecule has 2 spiro atoms. The van der Waals surface area contributed by atoms with Crippen LogP contribution in [0.1, 0.15) is 44.5 Å². The van der Waals surface area contributed by atoms with Crippen molar-refractivity contribution in [1.82, 2.24) is 0 Å². The van der Waals surface area contributed by atoms with Gasteiger partial charge in [0.2, 0.25) is 0 Å². The first-order valence-electron chi connectivity index (χ1n) is 26.5. The van der Waals surface area contributed by atoms with Gasteiger partial charge in [-0.2, -0.15) is 0 Å². The molecular formula is C74H48N2. The van der Waals surface area contributed by atoms with Gasteiger partial charge in [0, 0.05) is 11.4 Å². The van der Waals surface area contributed by atoms with Crippen molar-refractivity contribution in [2.75, 3.05) is 9.80 Å². The minimum Gasteiger partial charge on any atom is -0.310 e. The Balaban J connectivity index is 0.946. The first kappa shape index (κ1) is 42.7. The summed E-state index contributed by atoms with van der Waals surface area (Å²) in [6.07, 6.45) is 0. The van der Waals surface area contributed by atoms with E-state index in [4.69, 9.17) is 0 Å². The van der Waals surface area contributed by atoms with Gasteiger partial charge in [0.1, 0.15) is 0 Å². The Morgan fingerprint density at radius 2 is 0.474 bits per heavy atom. The van der Waals surface area contributed by atoms with E-state index in [0.29, 0.717) is 0 Å². The molecule has 16 rings (SSSR count). The number of nitrogens with zero attached hydrogens (tertiary/aromatic N) is 2. The molecule has 76 heavy (non-hydrogen) atoms. The number of anilines is 6. The van der Waals surface area contributed by atoms with Crippen molar-refractivity contribution in [1.29, 1.82) is 0 Å².